The third-order valence-corrected chi connectivity index (χ3v) is 3.14. The summed E-state index contributed by atoms with van der Waals surface area (Å²) >= 11 is 0. The second kappa shape index (κ2) is 18.7. The Morgan fingerprint density at radius 1 is 1.05 bits per heavy atom. The number of hydrogen-bond acceptors (Lipinski definition) is 3. The van der Waals surface area contributed by atoms with Gasteiger partial charge in [0.15, 0.2) is 0 Å². The number of carbonyl (C=O) groups excluding carboxylic acids is 1. The molecular weight excluding hydrogens is 287 g/mol. The summed E-state index contributed by atoms with van der Waals surface area (Å²) in [7, 11) is 0. The summed E-state index contributed by atoms with van der Waals surface area (Å²) < 4.78 is 0. The van der Waals surface area contributed by atoms with Crippen molar-refractivity contribution in [2.24, 2.45) is 0 Å². The normalized spacial score (nSPS) is 13.0. The molecule has 0 saturated heterocycles. The maximum atomic E-state index is 10.2. The Hall–Kier alpha value is -0.350. The van der Waals surface area contributed by atoms with Gasteiger partial charge in [-0.05, 0) is 32.1 Å². The van der Waals surface area contributed by atoms with Gasteiger partial charge in [-0.2, -0.15) is 0 Å². The van der Waals surface area contributed by atoms with E-state index in [0.29, 0.717) is 0 Å². The fourth-order valence-electron chi connectivity index (χ4n) is 1.95. The average Bonchev–Trinajstić information content (AvgIpc) is 2.44. The van der Waals surface area contributed by atoms with E-state index in [1.165, 1.54) is 0 Å². The Kier molecular flexibility index (Phi) is 20.3. The van der Waals surface area contributed by atoms with Crippen LogP contribution in [0.5, 0.6) is 0 Å². The molecule has 4 heteroatoms. The summed E-state index contributed by atoms with van der Waals surface area (Å²) in [5, 5.41) is 19.7. The van der Waals surface area contributed by atoms with Crippen molar-refractivity contribution in [2.75, 3.05) is 0 Å². The number of aliphatic hydroxyl groups excluding tert-OH is 1. The zero-order valence-electron chi connectivity index (χ0n) is 14.2. The third kappa shape index (κ3) is 19.7. The minimum Gasteiger partial charge on any atom is -0.550 e. The van der Waals surface area contributed by atoms with Crippen molar-refractivity contribution in [3.63, 3.8) is 0 Å². The molecule has 0 heterocycles. The largest absolute Gasteiger partial charge is 1.00 e. The number of unbranched alkanes of at least 4 members (excludes halogenated alkanes) is 5. The Morgan fingerprint density at radius 3 is 2.36 bits per heavy atom. The number of aliphatic hydroxyl groups is 1. The summed E-state index contributed by atoms with van der Waals surface area (Å²) in [4.78, 5) is 10.2. The van der Waals surface area contributed by atoms with Crippen LogP contribution in [0.15, 0.2) is 36.5 Å². The molecule has 0 aliphatic rings. The van der Waals surface area contributed by atoms with E-state index in [0.717, 1.165) is 51.4 Å². The van der Waals surface area contributed by atoms with Crippen molar-refractivity contribution in [1.82, 2.24) is 0 Å². The van der Waals surface area contributed by atoms with Crippen LogP contribution in [0.1, 0.15) is 64.7 Å². The van der Waals surface area contributed by atoms with Crippen LogP contribution in [-0.4, -0.2) is 17.2 Å². The number of rotatable bonds is 13. The molecule has 0 aliphatic carbocycles. The van der Waals surface area contributed by atoms with Crippen molar-refractivity contribution in [1.29, 1.82) is 0 Å². The van der Waals surface area contributed by atoms with Crippen LogP contribution in [0, 0.1) is 0 Å². The first-order chi connectivity index (χ1) is 10.2. The van der Waals surface area contributed by atoms with Crippen molar-refractivity contribution < 1.29 is 44.6 Å². The SMILES string of the molecule is CCCC(O)/C=C/C=C/C=C/CCCCCCCC(=O)[O-].[Na+]. The van der Waals surface area contributed by atoms with E-state index in [1.54, 1.807) is 6.08 Å². The summed E-state index contributed by atoms with van der Waals surface area (Å²) in [6, 6.07) is 0. The number of aliphatic carboxylic acids is 1. The molecule has 0 aromatic carbocycles. The second-order valence-corrected chi connectivity index (χ2v) is 5.23. The fourth-order valence-corrected chi connectivity index (χ4v) is 1.95. The molecule has 1 unspecified atom stereocenters. The van der Waals surface area contributed by atoms with Gasteiger partial charge in [-0.3, -0.25) is 0 Å². The van der Waals surface area contributed by atoms with E-state index in [4.69, 9.17) is 0 Å². The summed E-state index contributed by atoms with van der Waals surface area (Å²) in [6.07, 6.45) is 19.5. The van der Waals surface area contributed by atoms with Crippen LogP contribution >= 0.6 is 0 Å². The van der Waals surface area contributed by atoms with Gasteiger partial charge in [0, 0.05) is 5.97 Å². The second-order valence-electron chi connectivity index (χ2n) is 5.23. The van der Waals surface area contributed by atoms with E-state index in [-0.39, 0.29) is 42.1 Å². The molecule has 0 amide bonds. The molecule has 0 spiro atoms. The molecule has 0 aromatic heterocycles. The minimum atomic E-state index is -0.944. The standard InChI is InChI=1S/C18H30O3.Na/c1-2-14-17(19)15-12-10-8-6-4-3-5-7-9-11-13-16-18(20)21;/h4,6,8,10,12,15,17,19H,2-3,5,7,9,11,13-14,16H2,1H3,(H,20,21);/q;+1/p-1/b6-4+,10-8+,15-12+;. The van der Waals surface area contributed by atoms with Crippen molar-refractivity contribution >= 4 is 5.97 Å². The van der Waals surface area contributed by atoms with Crippen molar-refractivity contribution in [3.05, 3.63) is 36.5 Å². The van der Waals surface area contributed by atoms with E-state index in [9.17, 15) is 15.0 Å². The number of carboxylic acid groups (broad SMARTS) is 1. The summed E-state index contributed by atoms with van der Waals surface area (Å²) in [5.41, 5.74) is 0. The Bertz CT molecular complexity index is 335. The molecule has 0 rings (SSSR count). The number of hydrogen-bond donors (Lipinski definition) is 1. The van der Waals surface area contributed by atoms with Crippen molar-refractivity contribution in [3.8, 4) is 0 Å². The maximum Gasteiger partial charge on any atom is 1.00 e. The van der Waals surface area contributed by atoms with Crippen LogP contribution < -0.4 is 34.7 Å². The first-order valence-corrected chi connectivity index (χ1v) is 8.04. The van der Waals surface area contributed by atoms with Crippen molar-refractivity contribution in [2.45, 2.75) is 70.8 Å². The first-order valence-electron chi connectivity index (χ1n) is 8.04. The first kappa shape index (κ1) is 23.9. The average molecular weight is 316 g/mol. The predicted molar refractivity (Wildman–Crippen MR) is 85.7 cm³/mol. The monoisotopic (exact) mass is 316 g/mol. The number of allylic oxidation sites excluding steroid dienone is 5. The van der Waals surface area contributed by atoms with Crippen LogP contribution in [0.2, 0.25) is 0 Å². The molecule has 120 valence electrons. The molecule has 22 heavy (non-hydrogen) atoms. The Morgan fingerprint density at radius 2 is 1.68 bits per heavy atom. The predicted octanol–water partition coefficient (Wildman–Crippen LogP) is 0.301. The van der Waals surface area contributed by atoms with Gasteiger partial charge in [0.25, 0.3) is 0 Å². The van der Waals surface area contributed by atoms with E-state index >= 15 is 0 Å². The van der Waals surface area contributed by atoms with E-state index in [2.05, 4.69) is 13.0 Å². The molecule has 3 nitrogen and oxygen atoms in total. The zero-order chi connectivity index (χ0) is 15.8. The molecular formula is C18H29NaO3. The van der Waals surface area contributed by atoms with E-state index in [1.807, 2.05) is 24.3 Å². The Labute approximate surface area is 157 Å². The smallest absolute Gasteiger partial charge is 0.550 e. The molecule has 0 saturated carbocycles. The third-order valence-electron chi connectivity index (χ3n) is 3.14. The molecule has 0 bridgehead atoms. The van der Waals surface area contributed by atoms with Gasteiger partial charge in [-0.15, -0.1) is 0 Å². The molecule has 0 fully saturated rings. The van der Waals surface area contributed by atoms with Crippen LogP contribution in [0.25, 0.3) is 0 Å². The quantitative estimate of drug-likeness (QED) is 0.302. The molecule has 0 radical (unpaired) electrons. The van der Waals surface area contributed by atoms with Gasteiger partial charge < -0.3 is 15.0 Å². The number of carboxylic acids is 1. The van der Waals surface area contributed by atoms with Crippen LogP contribution in [-0.2, 0) is 4.79 Å². The molecule has 1 N–H and O–H groups in total. The number of carbonyl (C=O) groups is 1. The van der Waals surface area contributed by atoms with E-state index < -0.39 is 5.97 Å². The zero-order valence-corrected chi connectivity index (χ0v) is 16.2. The van der Waals surface area contributed by atoms with Gasteiger partial charge in [-0.1, -0.05) is 69.1 Å². The molecule has 1 atom stereocenters. The Balaban J connectivity index is 0. The van der Waals surface area contributed by atoms with Gasteiger partial charge in [0.1, 0.15) is 0 Å². The van der Waals surface area contributed by atoms with Gasteiger partial charge >= 0.3 is 29.6 Å². The fraction of sp³-hybridized carbons (Fsp3) is 0.611. The van der Waals surface area contributed by atoms with Gasteiger partial charge in [0.05, 0.1) is 6.10 Å². The summed E-state index contributed by atoms with van der Waals surface area (Å²) in [5.74, 6) is -0.944. The maximum absolute atomic E-state index is 10.2. The van der Waals surface area contributed by atoms with Gasteiger partial charge in [0.2, 0.25) is 0 Å². The molecule has 0 aromatic rings. The summed E-state index contributed by atoms with van der Waals surface area (Å²) in [6.45, 7) is 2.05. The minimum absolute atomic E-state index is 0. The van der Waals surface area contributed by atoms with Crippen LogP contribution in [0.4, 0.5) is 0 Å². The molecule has 0 aliphatic heterocycles. The topological polar surface area (TPSA) is 60.4 Å². The van der Waals surface area contributed by atoms with Gasteiger partial charge in [-0.25, -0.2) is 0 Å². The van der Waals surface area contributed by atoms with Crippen LogP contribution in [0.3, 0.4) is 0 Å².